The van der Waals surface area contributed by atoms with E-state index in [0.29, 0.717) is 42.9 Å². The molecule has 0 aliphatic carbocycles. The average molecular weight is 684 g/mol. The molecular weight excluding hydrogens is 663 g/mol. The van der Waals surface area contributed by atoms with Crippen molar-refractivity contribution in [2.45, 2.75) is 6.54 Å². The van der Waals surface area contributed by atoms with Gasteiger partial charge in [0.25, 0.3) is 11.8 Å². The average Bonchev–Trinajstić information content (AvgIpc) is 3.59. The quantitative estimate of drug-likeness (QED) is 0.110. The van der Waals surface area contributed by atoms with Crippen LogP contribution in [-0.2, 0) is 16.1 Å². The van der Waals surface area contributed by atoms with E-state index in [1.54, 1.807) is 73.2 Å². The minimum absolute atomic E-state index is 0.173. The van der Waals surface area contributed by atoms with Crippen LogP contribution in [0.5, 0.6) is 5.75 Å². The summed E-state index contributed by atoms with van der Waals surface area (Å²) < 4.78 is 12.2. The van der Waals surface area contributed by atoms with Gasteiger partial charge in [-0.3, -0.25) is 14.5 Å². The number of furan rings is 1. The van der Waals surface area contributed by atoms with Crippen molar-refractivity contribution in [3.63, 3.8) is 0 Å². The Morgan fingerprint density at radius 1 is 1.05 bits per heavy atom. The number of amides is 2. The van der Waals surface area contributed by atoms with Crippen molar-refractivity contribution in [2.24, 2.45) is 10.2 Å². The summed E-state index contributed by atoms with van der Waals surface area (Å²) in [5.41, 5.74) is 1.96. The highest BCUT2D eigenvalue weighted by Crippen LogP contribution is 2.36. The molecule has 1 aliphatic heterocycles. The van der Waals surface area contributed by atoms with Gasteiger partial charge in [-0.1, -0.05) is 51.3 Å². The van der Waals surface area contributed by atoms with Crippen molar-refractivity contribution in [3.05, 3.63) is 121 Å². The van der Waals surface area contributed by atoms with E-state index in [1.165, 1.54) is 4.90 Å². The Bertz CT molecular complexity index is 1670. The molecule has 1 fully saturated rings. The lowest BCUT2D eigenvalue weighted by molar-refractivity contribution is -0.122. The SMILES string of the molecule is O=C(COc1ccc(Cl)cc1/C=C1\S/C(=N\N=C\c2ccc(Br)cc2)N(Cc2ccco2)C1=O)Nc1ccc(Cl)cc1. The van der Waals surface area contributed by atoms with Crippen molar-refractivity contribution in [2.75, 3.05) is 11.9 Å². The van der Waals surface area contributed by atoms with Gasteiger partial charge in [-0.05, 0) is 90.1 Å². The van der Waals surface area contributed by atoms with Crippen LogP contribution < -0.4 is 10.1 Å². The number of anilines is 1. The fourth-order valence-corrected chi connectivity index (χ4v) is 5.25. The van der Waals surface area contributed by atoms with Crippen LogP contribution in [0.4, 0.5) is 5.69 Å². The van der Waals surface area contributed by atoms with Crippen LogP contribution >= 0.6 is 50.9 Å². The van der Waals surface area contributed by atoms with Crippen molar-refractivity contribution < 1.29 is 18.7 Å². The molecule has 8 nitrogen and oxygen atoms in total. The molecule has 212 valence electrons. The molecule has 3 aromatic carbocycles. The second-order valence-corrected chi connectivity index (χ2v) is 11.6. The zero-order valence-electron chi connectivity index (χ0n) is 21.7. The smallest absolute Gasteiger partial charge is 0.267 e. The highest BCUT2D eigenvalue weighted by Gasteiger charge is 2.34. The maximum atomic E-state index is 13.5. The van der Waals surface area contributed by atoms with Crippen LogP contribution in [0.3, 0.4) is 0 Å². The van der Waals surface area contributed by atoms with E-state index in [0.717, 1.165) is 21.8 Å². The topological polar surface area (TPSA) is 96.5 Å². The van der Waals surface area contributed by atoms with E-state index < -0.39 is 0 Å². The third-order valence-electron chi connectivity index (χ3n) is 5.75. The van der Waals surface area contributed by atoms with Crippen LogP contribution in [0.15, 0.2) is 109 Å². The van der Waals surface area contributed by atoms with Crippen LogP contribution in [0.25, 0.3) is 6.08 Å². The van der Waals surface area contributed by atoms with Gasteiger partial charge in [-0.15, -0.1) is 5.10 Å². The molecule has 0 atom stereocenters. The lowest BCUT2D eigenvalue weighted by Gasteiger charge is -2.13. The number of amidine groups is 1. The molecule has 42 heavy (non-hydrogen) atoms. The van der Waals surface area contributed by atoms with Crippen molar-refractivity contribution in [3.8, 4) is 5.75 Å². The first-order valence-corrected chi connectivity index (χ1v) is 14.8. The fourth-order valence-electron chi connectivity index (χ4n) is 3.75. The Morgan fingerprint density at radius 3 is 2.55 bits per heavy atom. The van der Waals surface area contributed by atoms with Crippen molar-refractivity contribution in [1.82, 2.24) is 4.90 Å². The summed E-state index contributed by atoms with van der Waals surface area (Å²) in [7, 11) is 0. The van der Waals surface area contributed by atoms with E-state index in [1.807, 2.05) is 24.3 Å². The Labute approximate surface area is 264 Å². The Balaban J connectivity index is 1.36. The van der Waals surface area contributed by atoms with Gasteiger partial charge >= 0.3 is 0 Å². The molecule has 1 N–H and O–H groups in total. The first-order valence-electron chi connectivity index (χ1n) is 12.4. The number of nitrogens with one attached hydrogen (secondary N) is 1. The second-order valence-electron chi connectivity index (χ2n) is 8.79. The van der Waals surface area contributed by atoms with Gasteiger partial charge in [0.05, 0.1) is 23.9 Å². The van der Waals surface area contributed by atoms with Gasteiger partial charge in [-0.25, -0.2) is 0 Å². The van der Waals surface area contributed by atoms with Gasteiger partial charge in [0, 0.05) is 25.8 Å². The summed E-state index contributed by atoms with van der Waals surface area (Å²) in [6, 6.07) is 22.8. The van der Waals surface area contributed by atoms with Gasteiger partial charge in [0.2, 0.25) is 0 Å². The molecule has 0 saturated carbocycles. The molecule has 1 aromatic heterocycles. The van der Waals surface area contributed by atoms with Crippen LogP contribution in [0.1, 0.15) is 16.9 Å². The molecule has 0 unspecified atom stereocenters. The third kappa shape index (κ3) is 7.92. The Morgan fingerprint density at radius 2 is 1.81 bits per heavy atom. The minimum Gasteiger partial charge on any atom is -0.483 e. The van der Waals surface area contributed by atoms with E-state index in [9.17, 15) is 9.59 Å². The van der Waals surface area contributed by atoms with E-state index >= 15 is 0 Å². The van der Waals surface area contributed by atoms with Crippen LogP contribution in [0.2, 0.25) is 10.0 Å². The van der Waals surface area contributed by atoms with Gasteiger partial charge in [0.15, 0.2) is 11.8 Å². The number of hydrogen-bond donors (Lipinski definition) is 1. The summed E-state index contributed by atoms with van der Waals surface area (Å²) >= 11 is 16.7. The maximum Gasteiger partial charge on any atom is 0.267 e. The summed E-state index contributed by atoms with van der Waals surface area (Å²) in [6.45, 7) is -0.0871. The highest BCUT2D eigenvalue weighted by molar-refractivity contribution is 9.10. The summed E-state index contributed by atoms with van der Waals surface area (Å²) in [5, 5.41) is 12.7. The zero-order chi connectivity index (χ0) is 29.5. The summed E-state index contributed by atoms with van der Waals surface area (Å²) in [6.07, 6.45) is 4.80. The fraction of sp³-hybridized carbons (Fsp3) is 0.0667. The highest BCUT2D eigenvalue weighted by atomic mass is 79.9. The monoisotopic (exact) mass is 682 g/mol. The maximum absolute atomic E-state index is 13.5. The molecule has 5 rings (SSSR count). The number of carbonyl (C=O) groups excluding carboxylic acids is 2. The second kappa shape index (κ2) is 13.9. The van der Waals surface area contributed by atoms with Gasteiger partial charge in [-0.2, -0.15) is 5.10 Å². The standard InChI is InChI=1S/C30H21BrCl2N4O4S/c31-21-5-3-19(4-6-21)16-34-36-30-37(17-25-2-1-13-40-25)29(39)27(42-30)15-20-14-23(33)9-12-26(20)41-18-28(38)35-24-10-7-22(32)8-11-24/h1-16H,17-18H2,(H,35,38)/b27-15-,34-16+,36-30-. The summed E-state index contributed by atoms with van der Waals surface area (Å²) in [4.78, 5) is 27.9. The molecule has 2 heterocycles. The predicted molar refractivity (Wildman–Crippen MR) is 171 cm³/mol. The number of carbonyl (C=O) groups is 2. The molecular formula is C30H21BrCl2N4O4S. The molecule has 0 radical (unpaired) electrons. The number of hydrogen-bond acceptors (Lipinski definition) is 7. The molecule has 1 saturated heterocycles. The number of thioether (sulfide) groups is 1. The largest absolute Gasteiger partial charge is 0.483 e. The van der Waals surface area contributed by atoms with Gasteiger partial charge in [0.1, 0.15) is 11.5 Å². The molecule has 1 aliphatic rings. The molecule has 12 heteroatoms. The number of ether oxygens (including phenoxy) is 1. The molecule has 2 amide bonds. The summed E-state index contributed by atoms with van der Waals surface area (Å²) in [5.74, 6) is 0.316. The van der Waals surface area contributed by atoms with E-state index in [2.05, 4.69) is 31.4 Å². The lowest BCUT2D eigenvalue weighted by Crippen LogP contribution is -2.28. The molecule has 0 spiro atoms. The Kier molecular flexibility index (Phi) is 9.81. The van der Waals surface area contributed by atoms with Gasteiger partial charge < -0.3 is 14.5 Å². The van der Waals surface area contributed by atoms with Crippen LogP contribution in [0, 0.1) is 0 Å². The molecule has 0 bridgehead atoms. The number of rotatable bonds is 9. The normalized spacial score (nSPS) is 15.2. The third-order valence-corrected chi connectivity index (χ3v) is 7.76. The minimum atomic E-state index is -0.361. The number of nitrogens with zero attached hydrogens (tertiary/aromatic N) is 3. The molecule has 4 aromatic rings. The Hall–Kier alpha value is -3.83. The van der Waals surface area contributed by atoms with E-state index in [4.69, 9.17) is 32.4 Å². The lowest BCUT2D eigenvalue weighted by atomic mass is 10.2. The first-order chi connectivity index (χ1) is 20.3. The number of benzene rings is 3. The predicted octanol–water partition coefficient (Wildman–Crippen LogP) is 7.87. The zero-order valence-corrected chi connectivity index (χ0v) is 25.6. The van der Waals surface area contributed by atoms with Crippen molar-refractivity contribution in [1.29, 1.82) is 0 Å². The van der Waals surface area contributed by atoms with Crippen molar-refractivity contribution >= 4 is 85.9 Å². The first kappa shape index (κ1) is 29.7. The van der Waals surface area contributed by atoms with Crippen LogP contribution in [-0.4, -0.2) is 34.7 Å². The number of halogens is 3. The van der Waals surface area contributed by atoms with E-state index in [-0.39, 0.29) is 25.0 Å².